The lowest BCUT2D eigenvalue weighted by atomic mass is 9.79. The van der Waals surface area contributed by atoms with Gasteiger partial charge >= 0.3 is 0 Å². The summed E-state index contributed by atoms with van der Waals surface area (Å²) in [5, 5.41) is 21.2. The van der Waals surface area contributed by atoms with Gasteiger partial charge in [-0.15, -0.1) is 0 Å². The van der Waals surface area contributed by atoms with Gasteiger partial charge in [-0.25, -0.2) is 4.98 Å². The molecule has 0 aliphatic carbocycles. The maximum absolute atomic E-state index is 10.9. The first-order valence-corrected chi connectivity index (χ1v) is 8.98. The Bertz CT molecular complexity index is 1000. The summed E-state index contributed by atoms with van der Waals surface area (Å²) in [5.74, 6) is 0.954. The first-order valence-electron chi connectivity index (χ1n) is 8.98. The minimum Gasteiger partial charge on any atom is -0.507 e. The van der Waals surface area contributed by atoms with Crippen molar-refractivity contribution in [3.63, 3.8) is 0 Å². The fraction of sp³-hybridized carbons (Fsp3) is 0.409. The van der Waals surface area contributed by atoms with Crippen molar-refractivity contribution in [2.75, 3.05) is 7.11 Å². The van der Waals surface area contributed by atoms with Gasteiger partial charge in [-0.3, -0.25) is 0 Å². The molecule has 0 bridgehead atoms. The average Bonchev–Trinajstić information content (AvgIpc) is 2.98. The molecule has 0 saturated heterocycles. The zero-order valence-electron chi connectivity index (χ0n) is 17.0. The second kappa shape index (κ2) is 6.19. The molecule has 0 spiro atoms. The first-order chi connectivity index (χ1) is 12.4. The number of aromatic hydroxyl groups is 2. The molecule has 1 aromatic heterocycles. The highest BCUT2D eigenvalue weighted by Gasteiger charge is 2.29. The van der Waals surface area contributed by atoms with Crippen LogP contribution in [0.1, 0.15) is 52.7 Å². The third-order valence-electron chi connectivity index (χ3n) is 4.69. The van der Waals surface area contributed by atoms with Crippen LogP contribution >= 0.6 is 0 Å². The number of hydrogen-bond donors (Lipinski definition) is 2. The quantitative estimate of drug-likeness (QED) is 0.623. The van der Waals surface area contributed by atoms with E-state index in [0.717, 1.165) is 11.1 Å². The minimum atomic E-state index is -0.261. The molecule has 3 aromatic rings. The van der Waals surface area contributed by atoms with Crippen molar-refractivity contribution in [3.05, 3.63) is 35.4 Å². The lowest BCUT2D eigenvalue weighted by molar-refractivity contribution is 0.412. The number of rotatable bonds is 2. The predicted molar refractivity (Wildman–Crippen MR) is 107 cm³/mol. The van der Waals surface area contributed by atoms with Gasteiger partial charge in [0.2, 0.25) is 5.89 Å². The number of phenols is 2. The third-order valence-corrected chi connectivity index (χ3v) is 4.69. The highest BCUT2D eigenvalue weighted by Crippen LogP contribution is 2.44. The van der Waals surface area contributed by atoms with E-state index in [1.165, 1.54) is 6.07 Å². The van der Waals surface area contributed by atoms with Gasteiger partial charge in [-0.2, -0.15) is 0 Å². The lowest BCUT2D eigenvalue weighted by Gasteiger charge is -2.25. The Morgan fingerprint density at radius 1 is 0.926 bits per heavy atom. The number of methoxy groups -OCH3 is 1. The zero-order valence-corrected chi connectivity index (χ0v) is 17.0. The van der Waals surface area contributed by atoms with E-state index in [9.17, 15) is 10.2 Å². The van der Waals surface area contributed by atoms with Gasteiger partial charge in [0.25, 0.3) is 0 Å². The molecule has 0 aliphatic rings. The summed E-state index contributed by atoms with van der Waals surface area (Å²) in [6.45, 7) is 12.4. The zero-order chi connectivity index (χ0) is 20.1. The van der Waals surface area contributed by atoms with Crippen LogP contribution in [-0.4, -0.2) is 22.3 Å². The van der Waals surface area contributed by atoms with Crippen LogP contribution in [0.15, 0.2) is 28.7 Å². The SMILES string of the molecule is COc1ccc(O)c(-c2nc3c(C(C)(C)C)cc(C(C)(C)C)c(O)c3o2)c1. The van der Waals surface area contributed by atoms with E-state index >= 15 is 0 Å². The number of benzene rings is 2. The van der Waals surface area contributed by atoms with Crippen LogP contribution in [0, 0.1) is 0 Å². The molecule has 1 heterocycles. The van der Waals surface area contributed by atoms with Gasteiger partial charge in [0, 0.05) is 5.56 Å². The van der Waals surface area contributed by atoms with Crippen LogP contribution in [0.3, 0.4) is 0 Å². The molecule has 5 nitrogen and oxygen atoms in total. The smallest absolute Gasteiger partial charge is 0.231 e. The van der Waals surface area contributed by atoms with E-state index in [-0.39, 0.29) is 28.2 Å². The fourth-order valence-electron chi connectivity index (χ4n) is 3.14. The number of fused-ring (bicyclic) bond motifs is 1. The number of nitrogens with zero attached hydrogens (tertiary/aromatic N) is 1. The highest BCUT2D eigenvalue weighted by molar-refractivity contribution is 5.88. The Morgan fingerprint density at radius 3 is 2.11 bits per heavy atom. The van der Waals surface area contributed by atoms with E-state index < -0.39 is 0 Å². The lowest BCUT2D eigenvalue weighted by Crippen LogP contribution is -2.17. The van der Waals surface area contributed by atoms with Crippen LogP contribution in [-0.2, 0) is 10.8 Å². The summed E-state index contributed by atoms with van der Waals surface area (Å²) in [5.41, 5.74) is 2.69. The van der Waals surface area contributed by atoms with E-state index in [2.05, 4.69) is 25.8 Å². The highest BCUT2D eigenvalue weighted by atomic mass is 16.5. The fourth-order valence-corrected chi connectivity index (χ4v) is 3.14. The van der Waals surface area contributed by atoms with Crippen molar-refractivity contribution < 1.29 is 19.4 Å². The molecular formula is C22H27NO4. The van der Waals surface area contributed by atoms with E-state index in [1.807, 2.05) is 26.8 Å². The molecule has 0 unspecified atom stereocenters. The molecule has 0 atom stereocenters. The first kappa shape index (κ1) is 19.1. The standard InChI is InChI=1S/C22H27NO4/c1-21(2,3)14-11-15(22(4,5)6)18(25)19-17(14)23-20(27-19)13-10-12(26-7)8-9-16(13)24/h8-11,24-25H,1-7H3. The molecule has 0 fully saturated rings. The molecular weight excluding hydrogens is 342 g/mol. The number of ether oxygens (including phenoxy) is 1. The molecule has 0 aliphatic heterocycles. The van der Waals surface area contributed by atoms with E-state index in [4.69, 9.17) is 9.15 Å². The summed E-state index contributed by atoms with van der Waals surface area (Å²) in [6, 6.07) is 6.87. The van der Waals surface area contributed by atoms with Crippen molar-refractivity contribution >= 4 is 11.1 Å². The number of oxazole rings is 1. The maximum Gasteiger partial charge on any atom is 0.231 e. The number of hydrogen-bond acceptors (Lipinski definition) is 5. The summed E-state index contributed by atoms with van der Waals surface area (Å²) in [7, 11) is 1.56. The molecule has 5 heteroatoms. The summed E-state index contributed by atoms with van der Waals surface area (Å²) >= 11 is 0. The average molecular weight is 369 g/mol. The molecule has 27 heavy (non-hydrogen) atoms. The van der Waals surface area contributed by atoms with Crippen molar-refractivity contribution in [2.45, 2.75) is 52.4 Å². The van der Waals surface area contributed by atoms with Gasteiger partial charge in [-0.05, 0) is 40.7 Å². The number of phenolic OH excluding ortho intramolecular Hbond substituents is 2. The van der Waals surface area contributed by atoms with Gasteiger partial charge in [0.05, 0.1) is 12.7 Å². The molecule has 0 amide bonds. The molecule has 144 valence electrons. The predicted octanol–water partition coefficient (Wildman–Crippen LogP) is 5.51. The van der Waals surface area contributed by atoms with Gasteiger partial charge < -0.3 is 19.4 Å². The van der Waals surface area contributed by atoms with Crippen LogP contribution in [0.5, 0.6) is 17.2 Å². The van der Waals surface area contributed by atoms with Crippen molar-refractivity contribution in [1.82, 2.24) is 4.98 Å². The number of aromatic nitrogens is 1. The minimum absolute atomic E-state index is 0.0372. The molecule has 0 radical (unpaired) electrons. The van der Waals surface area contributed by atoms with Crippen LogP contribution < -0.4 is 4.74 Å². The summed E-state index contributed by atoms with van der Waals surface area (Å²) in [4.78, 5) is 4.63. The van der Waals surface area contributed by atoms with Crippen LogP contribution in [0.25, 0.3) is 22.6 Å². The second-order valence-corrected chi connectivity index (χ2v) is 8.90. The summed E-state index contributed by atoms with van der Waals surface area (Å²) in [6.07, 6.45) is 0. The Labute approximate surface area is 159 Å². The van der Waals surface area contributed by atoms with Crippen molar-refractivity contribution in [1.29, 1.82) is 0 Å². The Balaban J connectivity index is 2.36. The third kappa shape index (κ3) is 3.34. The molecule has 0 saturated carbocycles. The van der Waals surface area contributed by atoms with Gasteiger partial charge in [0.1, 0.15) is 17.0 Å². The molecule has 3 rings (SSSR count). The Morgan fingerprint density at radius 2 is 1.56 bits per heavy atom. The van der Waals surface area contributed by atoms with Crippen molar-refractivity contribution in [2.24, 2.45) is 0 Å². The van der Waals surface area contributed by atoms with E-state index in [0.29, 0.717) is 22.4 Å². The summed E-state index contributed by atoms with van der Waals surface area (Å²) < 4.78 is 11.2. The topological polar surface area (TPSA) is 75.7 Å². The van der Waals surface area contributed by atoms with Gasteiger partial charge in [0.15, 0.2) is 11.3 Å². The monoisotopic (exact) mass is 369 g/mol. The molecule has 2 aromatic carbocycles. The van der Waals surface area contributed by atoms with Gasteiger partial charge in [-0.1, -0.05) is 41.5 Å². The molecule has 2 N–H and O–H groups in total. The maximum atomic E-state index is 10.9. The van der Waals surface area contributed by atoms with Crippen LogP contribution in [0.2, 0.25) is 0 Å². The second-order valence-electron chi connectivity index (χ2n) is 8.90. The normalized spacial score (nSPS) is 12.6. The largest absolute Gasteiger partial charge is 0.507 e. The Hall–Kier alpha value is -2.69. The van der Waals surface area contributed by atoms with E-state index in [1.54, 1.807) is 19.2 Å². The Kier molecular flexibility index (Phi) is 4.37. The van der Waals surface area contributed by atoms with Crippen LogP contribution in [0.4, 0.5) is 0 Å². The van der Waals surface area contributed by atoms with Crippen molar-refractivity contribution in [3.8, 4) is 28.7 Å².